The zero-order valence-electron chi connectivity index (χ0n) is 17.1. The molecule has 2 amide bonds. The van der Waals surface area contributed by atoms with Crippen molar-refractivity contribution in [3.8, 4) is 11.3 Å². The van der Waals surface area contributed by atoms with E-state index in [9.17, 15) is 24.2 Å². The van der Waals surface area contributed by atoms with Gasteiger partial charge in [-0.25, -0.2) is 9.97 Å². The molecule has 1 aliphatic heterocycles. The van der Waals surface area contributed by atoms with E-state index < -0.39 is 40.4 Å². The Balaban J connectivity index is 2.01. The number of carbonyl (C=O) groups is 2. The van der Waals surface area contributed by atoms with Crippen molar-refractivity contribution in [3.63, 3.8) is 0 Å². The van der Waals surface area contributed by atoms with Crippen molar-refractivity contribution in [2.75, 3.05) is 19.6 Å². The zero-order valence-corrected chi connectivity index (χ0v) is 17.9. The van der Waals surface area contributed by atoms with Gasteiger partial charge in [-0.2, -0.15) is 4.39 Å². The molecule has 8 radical (unpaired) electrons. The van der Waals surface area contributed by atoms with E-state index in [1.165, 1.54) is 23.1 Å². The molecule has 4 N–H and O–H groups in total. The summed E-state index contributed by atoms with van der Waals surface area (Å²) >= 11 is 6.18. The van der Waals surface area contributed by atoms with Crippen LogP contribution in [0, 0.1) is 5.95 Å². The molecule has 0 bridgehead atoms. The summed E-state index contributed by atoms with van der Waals surface area (Å²) in [7, 11) is 21.0. The number of halogens is 2. The first-order chi connectivity index (χ1) is 15.2. The fourth-order valence-electron chi connectivity index (χ4n) is 3.34. The molecule has 15 heteroatoms. The van der Waals surface area contributed by atoms with Crippen LogP contribution < -0.4 is 10.6 Å². The highest BCUT2D eigenvalue weighted by Gasteiger charge is 2.35. The molecule has 1 fully saturated rings. The molecule has 1 saturated heterocycles. The Labute approximate surface area is 199 Å². The summed E-state index contributed by atoms with van der Waals surface area (Å²) in [6, 6.07) is 4.57. The number of aliphatic hydroxyl groups is 2. The van der Waals surface area contributed by atoms with Crippen LogP contribution in [0.1, 0.15) is 22.1 Å². The molecule has 3 rings (SSSR count). The van der Waals surface area contributed by atoms with E-state index >= 15 is 0 Å². The van der Waals surface area contributed by atoms with E-state index in [4.69, 9.17) is 43.0 Å². The van der Waals surface area contributed by atoms with Crippen LogP contribution in [0.2, 0.25) is 5.15 Å². The number of carbonyl (C=O) groups excluding carboxylic acids is 2. The van der Waals surface area contributed by atoms with Gasteiger partial charge >= 0.3 is 0 Å². The number of pyridine rings is 2. The molecule has 0 aromatic carbocycles. The molecule has 1 atom stereocenters. The number of hydrogen-bond donors (Lipinski definition) is 4. The van der Waals surface area contributed by atoms with Crippen LogP contribution in [0.3, 0.4) is 0 Å². The van der Waals surface area contributed by atoms with Gasteiger partial charge in [-0.05, 0) is 23.8 Å². The van der Waals surface area contributed by atoms with E-state index in [2.05, 4.69) is 15.3 Å². The quantitative estimate of drug-likeness (QED) is 0.231. The molecular weight excluding hydrogens is 448 g/mol. The number of amides is 2. The van der Waals surface area contributed by atoms with Crippen LogP contribution in [-0.4, -0.2) is 98.8 Å². The van der Waals surface area contributed by atoms with Crippen molar-refractivity contribution < 1.29 is 24.2 Å². The van der Waals surface area contributed by atoms with E-state index in [1.54, 1.807) is 0 Å². The lowest BCUT2D eigenvalue weighted by atomic mass is 9.64. The molecule has 1 unspecified atom stereocenters. The molecule has 162 valence electrons. The summed E-state index contributed by atoms with van der Waals surface area (Å²) in [5.74, 6) is -2.96. The Hall–Kier alpha value is -2.40. The second-order valence-corrected chi connectivity index (χ2v) is 7.88. The second kappa shape index (κ2) is 9.46. The molecule has 2 aromatic rings. The van der Waals surface area contributed by atoms with E-state index in [1.807, 2.05) is 5.32 Å². The summed E-state index contributed by atoms with van der Waals surface area (Å²) < 4.78 is 14.2. The minimum absolute atomic E-state index is 0.0118. The predicted molar refractivity (Wildman–Crippen MR) is 120 cm³/mol. The minimum Gasteiger partial charge on any atom is -0.400 e. The maximum atomic E-state index is 14.2. The Bertz CT molecular complexity index is 1080. The molecule has 0 aliphatic carbocycles. The van der Waals surface area contributed by atoms with Crippen LogP contribution >= 0.6 is 11.6 Å². The molecule has 3 heterocycles. The predicted octanol–water partition coefficient (Wildman–Crippen LogP) is -1.94. The van der Waals surface area contributed by atoms with Crippen LogP contribution in [0.25, 0.3) is 11.3 Å². The van der Waals surface area contributed by atoms with Gasteiger partial charge in [-0.3, -0.25) is 9.59 Å². The molecule has 0 spiro atoms. The monoisotopic (exact) mass is 463 g/mol. The number of hydrogen-bond acceptors (Lipinski definition) is 7. The van der Waals surface area contributed by atoms with Crippen molar-refractivity contribution in [2.45, 2.75) is 17.0 Å². The molecule has 1 aliphatic rings. The van der Waals surface area contributed by atoms with Crippen molar-refractivity contribution in [2.24, 2.45) is 0 Å². The first-order valence-corrected chi connectivity index (χ1v) is 9.92. The Morgan fingerprint density at radius 2 is 1.88 bits per heavy atom. The van der Waals surface area contributed by atoms with Gasteiger partial charge in [0.2, 0.25) is 11.9 Å². The maximum Gasteiger partial charge on any atom is 0.270 e. The first kappa shape index (κ1) is 25.2. The fourth-order valence-corrected chi connectivity index (χ4v) is 3.56. The Morgan fingerprint density at radius 1 is 1.18 bits per heavy atom. The summed E-state index contributed by atoms with van der Waals surface area (Å²) in [4.78, 5) is 33.6. The SMILES string of the molecule is [B]C([B])(O)NC(=O)c1cc(-c2cc(C3CNCCN3C(=O)C([B])([B])O)cc(Cl)n2)cc(F)n1. The normalized spacial score (nSPS) is 17.0. The second-order valence-electron chi connectivity index (χ2n) is 7.50. The third kappa shape index (κ3) is 6.35. The highest BCUT2D eigenvalue weighted by molar-refractivity contribution is 6.49. The van der Waals surface area contributed by atoms with Crippen molar-refractivity contribution in [3.05, 3.63) is 46.6 Å². The van der Waals surface area contributed by atoms with Gasteiger partial charge < -0.3 is 25.7 Å². The van der Waals surface area contributed by atoms with Crippen LogP contribution in [0.5, 0.6) is 0 Å². The van der Waals surface area contributed by atoms with Gasteiger partial charge in [-0.15, -0.1) is 0 Å². The third-order valence-corrected chi connectivity index (χ3v) is 4.88. The highest BCUT2D eigenvalue weighted by atomic mass is 35.5. The van der Waals surface area contributed by atoms with Gasteiger partial charge in [0.25, 0.3) is 5.91 Å². The number of nitrogens with zero attached hydrogens (tertiary/aromatic N) is 3. The topological polar surface area (TPSA) is 128 Å². The number of aromatic nitrogens is 2. The summed E-state index contributed by atoms with van der Waals surface area (Å²) in [6.07, 6.45) is 0. The third-order valence-electron chi connectivity index (χ3n) is 4.68. The van der Waals surface area contributed by atoms with Crippen LogP contribution in [0.4, 0.5) is 4.39 Å². The summed E-state index contributed by atoms with van der Waals surface area (Å²) in [6.45, 7) is 0.920. The lowest BCUT2D eigenvalue weighted by molar-refractivity contribution is -0.142. The molecule has 33 heavy (non-hydrogen) atoms. The molecule has 9 nitrogen and oxygen atoms in total. The first-order valence-electron chi connectivity index (χ1n) is 9.54. The maximum absolute atomic E-state index is 14.2. The van der Waals surface area contributed by atoms with Gasteiger partial charge in [0.1, 0.15) is 42.2 Å². The Kier molecular flexibility index (Phi) is 7.23. The zero-order chi connectivity index (χ0) is 24.6. The average molecular weight is 463 g/mol. The lowest BCUT2D eigenvalue weighted by Crippen LogP contribution is -2.56. The Morgan fingerprint density at radius 3 is 2.52 bits per heavy atom. The van der Waals surface area contributed by atoms with Crippen LogP contribution in [-0.2, 0) is 4.79 Å². The van der Waals surface area contributed by atoms with Crippen molar-refractivity contribution in [1.82, 2.24) is 25.5 Å². The largest absolute Gasteiger partial charge is 0.400 e. The van der Waals surface area contributed by atoms with Crippen LogP contribution in [0.15, 0.2) is 24.3 Å². The van der Waals surface area contributed by atoms with Gasteiger partial charge in [0.15, 0.2) is 0 Å². The number of piperazine rings is 1. The van der Waals surface area contributed by atoms with E-state index in [0.29, 0.717) is 12.1 Å². The number of nitrogens with one attached hydrogen (secondary N) is 2. The standard InChI is InChI=1S/C18H15B4ClFN5O4/c19-17(20,32)16(31)29-2-1-25-7-12(29)9-4-10(26-13(23)5-9)8-3-11(27-14(24)6-8)15(30)28-18(21,22)33/h3-6,12,25,32-33H,1-2,7H2,(H,28,30). The average Bonchev–Trinajstić information content (AvgIpc) is 2.70. The molecule has 0 saturated carbocycles. The fraction of sp³-hybridized carbons (Fsp3) is 0.333. The number of rotatable bonds is 5. The van der Waals surface area contributed by atoms with Gasteiger partial charge in [-0.1, -0.05) is 11.6 Å². The van der Waals surface area contributed by atoms with E-state index in [0.717, 1.165) is 6.07 Å². The molecule has 2 aromatic heterocycles. The summed E-state index contributed by atoms with van der Waals surface area (Å²) in [5.41, 5.74) is -2.22. The summed E-state index contributed by atoms with van der Waals surface area (Å²) in [5, 5.41) is 21.5. The van der Waals surface area contributed by atoms with Crippen molar-refractivity contribution in [1.29, 1.82) is 0 Å². The smallest absolute Gasteiger partial charge is 0.270 e. The highest BCUT2D eigenvalue weighted by Crippen LogP contribution is 2.30. The van der Waals surface area contributed by atoms with Crippen molar-refractivity contribution >= 4 is 54.8 Å². The van der Waals surface area contributed by atoms with E-state index in [-0.39, 0.29) is 29.5 Å². The van der Waals surface area contributed by atoms with Gasteiger partial charge in [0.05, 0.1) is 17.1 Å². The lowest BCUT2D eigenvalue weighted by Gasteiger charge is -2.40. The minimum atomic E-state index is -2.57. The molecular formula is C18H15B4ClFN5O4. The van der Waals surface area contributed by atoms with Gasteiger partial charge in [0, 0.05) is 36.8 Å².